The molecule has 17 heavy (non-hydrogen) atoms. The van der Waals surface area contributed by atoms with Crippen molar-refractivity contribution in [3.05, 3.63) is 42.2 Å². The Kier molecular flexibility index (Phi) is 3.59. The van der Waals surface area contributed by atoms with Crippen molar-refractivity contribution in [3.63, 3.8) is 0 Å². The second kappa shape index (κ2) is 5.34. The minimum Gasteiger partial charge on any atom is -0.491 e. The van der Waals surface area contributed by atoms with Crippen LogP contribution in [0.2, 0.25) is 0 Å². The largest absolute Gasteiger partial charge is 0.491 e. The average molecular weight is 235 g/mol. The summed E-state index contributed by atoms with van der Waals surface area (Å²) < 4.78 is 18.6. The number of ether oxygens (including phenoxy) is 1. The minimum absolute atomic E-state index is 0.277. The molecule has 2 N–H and O–H groups in total. The first-order chi connectivity index (χ1) is 8.29. The van der Waals surface area contributed by atoms with Crippen LogP contribution in [0.3, 0.4) is 0 Å². The van der Waals surface area contributed by atoms with Crippen molar-refractivity contribution in [3.8, 4) is 5.75 Å². The predicted octanol–water partition coefficient (Wildman–Crippen LogP) is 2.56. The van der Waals surface area contributed by atoms with Gasteiger partial charge in [-0.2, -0.15) is 0 Å². The van der Waals surface area contributed by atoms with Crippen LogP contribution >= 0.6 is 0 Å². The molecule has 0 saturated heterocycles. The van der Waals surface area contributed by atoms with Gasteiger partial charge in [0, 0.05) is 18.0 Å². The van der Waals surface area contributed by atoms with Crippen LogP contribution in [-0.2, 0) is 6.54 Å². The third-order valence-electron chi connectivity index (χ3n) is 2.27. The summed E-state index contributed by atoms with van der Waals surface area (Å²) in [5.41, 5.74) is 1.65. The van der Waals surface area contributed by atoms with E-state index in [-0.39, 0.29) is 11.6 Å². The summed E-state index contributed by atoms with van der Waals surface area (Å²) >= 11 is 0. The van der Waals surface area contributed by atoms with Crippen molar-refractivity contribution in [1.29, 1.82) is 0 Å². The zero-order chi connectivity index (χ0) is 12.1. The van der Waals surface area contributed by atoms with E-state index in [9.17, 15) is 4.39 Å². The highest BCUT2D eigenvalue weighted by molar-refractivity contribution is 5.47. The van der Waals surface area contributed by atoms with Gasteiger partial charge in [-0.25, -0.2) is 9.37 Å². The lowest BCUT2D eigenvalue weighted by Crippen LogP contribution is -2.01. The van der Waals surface area contributed by atoms with Crippen LogP contribution in [-0.4, -0.2) is 16.6 Å². The highest BCUT2D eigenvalue weighted by atomic mass is 19.1. The molecule has 0 aliphatic heterocycles. The summed E-state index contributed by atoms with van der Waals surface area (Å²) in [5, 5.41) is 3.09. The number of imidazole rings is 1. The van der Waals surface area contributed by atoms with Crippen LogP contribution in [0.25, 0.3) is 0 Å². The van der Waals surface area contributed by atoms with E-state index in [1.807, 2.05) is 6.92 Å². The number of rotatable bonds is 5. The normalized spacial score (nSPS) is 10.2. The molecular formula is C12H14FN3O. The summed E-state index contributed by atoms with van der Waals surface area (Å²) in [5.74, 6) is -0.0824. The Hall–Kier alpha value is -2.04. The fourth-order valence-corrected chi connectivity index (χ4v) is 1.46. The predicted molar refractivity (Wildman–Crippen MR) is 63.5 cm³/mol. The number of anilines is 1. The topological polar surface area (TPSA) is 49.9 Å². The lowest BCUT2D eigenvalue weighted by molar-refractivity contribution is 0.321. The van der Waals surface area contributed by atoms with E-state index in [0.29, 0.717) is 18.8 Å². The zero-order valence-electron chi connectivity index (χ0n) is 9.53. The molecule has 0 fully saturated rings. The van der Waals surface area contributed by atoms with Crippen molar-refractivity contribution >= 4 is 5.69 Å². The third kappa shape index (κ3) is 2.96. The minimum atomic E-state index is -0.360. The van der Waals surface area contributed by atoms with E-state index >= 15 is 0 Å². The van der Waals surface area contributed by atoms with E-state index in [2.05, 4.69) is 15.3 Å². The Morgan fingerprint density at radius 3 is 3.00 bits per heavy atom. The molecule has 0 atom stereocenters. The second-order valence-corrected chi connectivity index (χ2v) is 3.51. The lowest BCUT2D eigenvalue weighted by atomic mass is 10.3. The van der Waals surface area contributed by atoms with Crippen molar-refractivity contribution in [1.82, 2.24) is 9.97 Å². The van der Waals surface area contributed by atoms with Crippen LogP contribution in [0.5, 0.6) is 5.75 Å². The fraction of sp³-hybridized carbons (Fsp3) is 0.250. The molecule has 1 aromatic heterocycles. The van der Waals surface area contributed by atoms with E-state index in [1.54, 1.807) is 24.7 Å². The number of hydrogen-bond donors (Lipinski definition) is 2. The molecule has 2 aromatic rings. The number of nitrogens with one attached hydrogen (secondary N) is 2. The van der Waals surface area contributed by atoms with Gasteiger partial charge in [0.1, 0.15) is 0 Å². The summed E-state index contributed by atoms with van der Waals surface area (Å²) in [6, 6.07) is 4.82. The summed E-state index contributed by atoms with van der Waals surface area (Å²) in [7, 11) is 0. The Morgan fingerprint density at radius 1 is 1.47 bits per heavy atom. The quantitative estimate of drug-likeness (QED) is 0.837. The standard InChI is InChI=1S/C12H14FN3O/c1-2-17-12-4-3-9(5-11(12)13)15-7-10-6-14-8-16-10/h3-6,8,15H,2,7H2,1H3,(H,14,16). The van der Waals surface area contributed by atoms with Crippen LogP contribution in [0.15, 0.2) is 30.7 Å². The molecule has 0 aliphatic rings. The molecule has 0 spiro atoms. The van der Waals surface area contributed by atoms with Crippen LogP contribution < -0.4 is 10.1 Å². The molecule has 0 amide bonds. The molecular weight excluding hydrogens is 221 g/mol. The SMILES string of the molecule is CCOc1ccc(NCc2cnc[nH]2)cc1F. The van der Waals surface area contributed by atoms with Gasteiger partial charge in [0.25, 0.3) is 0 Å². The molecule has 5 heteroatoms. The molecule has 0 bridgehead atoms. The highest BCUT2D eigenvalue weighted by Gasteiger charge is 2.04. The maximum absolute atomic E-state index is 13.5. The fourth-order valence-electron chi connectivity index (χ4n) is 1.46. The Labute approximate surface area is 98.8 Å². The van der Waals surface area contributed by atoms with Crippen molar-refractivity contribution in [2.75, 3.05) is 11.9 Å². The number of nitrogens with zero attached hydrogens (tertiary/aromatic N) is 1. The maximum Gasteiger partial charge on any atom is 0.167 e. The molecule has 90 valence electrons. The van der Waals surface area contributed by atoms with E-state index in [0.717, 1.165) is 5.69 Å². The lowest BCUT2D eigenvalue weighted by Gasteiger charge is -2.08. The Bertz CT molecular complexity index is 471. The summed E-state index contributed by atoms with van der Waals surface area (Å²) in [4.78, 5) is 6.86. The molecule has 0 radical (unpaired) electrons. The second-order valence-electron chi connectivity index (χ2n) is 3.51. The van der Waals surface area contributed by atoms with Gasteiger partial charge in [-0.05, 0) is 19.1 Å². The summed E-state index contributed by atoms with van der Waals surface area (Å²) in [6.45, 7) is 2.86. The van der Waals surface area contributed by atoms with Crippen molar-refractivity contribution in [2.45, 2.75) is 13.5 Å². The van der Waals surface area contributed by atoms with Crippen LogP contribution in [0.1, 0.15) is 12.6 Å². The van der Waals surface area contributed by atoms with Gasteiger partial charge in [-0.15, -0.1) is 0 Å². The van der Waals surface area contributed by atoms with Crippen molar-refractivity contribution in [2.24, 2.45) is 0 Å². The molecule has 0 saturated carbocycles. The van der Waals surface area contributed by atoms with E-state index in [1.165, 1.54) is 6.07 Å². The van der Waals surface area contributed by atoms with Gasteiger partial charge in [-0.1, -0.05) is 0 Å². The van der Waals surface area contributed by atoms with Gasteiger partial charge in [-0.3, -0.25) is 0 Å². The van der Waals surface area contributed by atoms with Gasteiger partial charge in [0.05, 0.1) is 25.2 Å². The van der Waals surface area contributed by atoms with Gasteiger partial charge < -0.3 is 15.0 Å². The first kappa shape index (κ1) is 11.4. The number of H-pyrrole nitrogens is 1. The smallest absolute Gasteiger partial charge is 0.167 e. The number of halogens is 1. The van der Waals surface area contributed by atoms with Crippen LogP contribution in [0.4, 0.5) is 10.1 Å². The summed E-state index contributed by atoms with van der Waals surface area (Å²) in [6.07, 6.45) is 3.33. The van der Waals surface area contributed by atoms with E-state index < -0.39 is 0 Å². The monoisotopic (exact) mass is 235 g/mol. The zero-order valence-corrected chi connectivity index (χ0v) is 9.53. The average Bonchev–Trinajstić information content (AvgIpc) is 2.83. The third-order valence-corrected chi connectivity index (χ3v) is 2.27. The molecule has 0 aliphatic carbocycles. The molecule has 1 aromatic carbocycles. The van der Waals surface area contributed by atoms with E-state index in [4.69, 9.17) is 4.74 Å². The number of benzene rings is 1. The molecule has 1 heterocycles. The Morgan fingerprint density at radius 2 is 2.35 bits per heavy atom. The van der Waals surface area contributed by atoms with Crippen molar-refractivity contribution < 1.29 is 9.13 Å². The first-order valence-electron chi connectivity index (χ1n) is 5.43. The molecule has 4 nitrogen and oxygen atoms in total. The Balaban J connectivity index is 2.00. The highest BCUT2D eigenvalue weighted by Crippen LogP contribution is 2.21. The molecule has 2 rings (SSSR count). The van der Waals surface area contributed by atoms with Crippen LogP contribution in [0, 0.1) is 5.82 Å². The van der Waals surface area contributed by atoms with Gasteiger partial charge in [0.15, 0.2) is 11.6 Å². The number of aromatic amines is 1. The number of aromatic nitrogens is 2. The maximum atomic E-state index is 13.5. The first-order valence-corrected chi connectivity index (χ1v) is 5.43. The van der Waals surface area contributed by atoms with Gasteiger partial charge in [0.2, 0.25) is 0 Å². The molecule has 0 unspecified atom stereocenters. The number of hydrogen-bond acceptors (Lipinski definition) is 3. The van der Waals surface area contributed by atoms with Gasteiger partial charge >= 0.3 is 0 Å².